The predicted molar refractivity (Wildman–Crippen MR) is 85.2 cm³/mol. The number of Topliss-reactive ketones (excluding diaryl/α,β-unsaturated/α-hetero) is 1. The maximum Gasteiger partial charge on any atom is 0.140 e. The number of carbonyl (C=O) groups is 1. The van der Waals surface area contributed by atoms with Crippen LogP contribution >= 0.6 is 22.6 Å². The number of rotatable bonds is 4. The largest absolute Gasteiger partial charge is 0.299 e. The van der Waals surface area contributed by atoms with Crippen molar-refractivity contribution in [3.05, 3.63) is 69.3 Å². The first-order chi connectivity index (χ1) is 9.24. The van der Waals surface area contributed by atoms with Crippen molar-refractivity contribution in [1.82, 2.24) is 0 Å². The molecule has 19 heavy (non-hydrogen) atoms. The molecule has 1 nitrogen and oxygen atoms in total. The van der Waals surface area contributed by atoms with Gasteiger partial charge >= 0.3 is 0 Å². The molecule has 2 heteroatoms. The molecule has 0 N–H and O–H groups in total. The van der Waals surface area contributed by atoms with E-state index in [1.165, 1.54) is 9.13 Å². The fourth-order valence-electron chi connectivity index (χ4n) is 2.55. The Kier molecular flexibility index (Phi) is 3.69. The molecule has 0 spiro atoms. The van der Waals surface area contributed by atoms with Gasteiger partial charge in [-0.1, -0.05) is 42.5 Å². The fraction of sp³-hybridized carbons (Fsp3) is 0.235. The summed E-state index contributed by atoms with van der Waals surface area (Å²) in [5.41, 5.74) is 2.44. The van der Waals surface area contributed by atoms with Gasteiger partial charge in [-0.15, -0.1) is 0 Å². The van der Waals surface area contributed by atoms with Crippen molar-refractivity contribution in [3.63, 3.8) is 0 Å². The number of benzene rings is 2. The van der Waals surface area contributed by atoms with Gasteiger partial charge in [-0.25, -0.2) is 0 Å². The first-order valence-corrected chi connectivity index (χ1v) is 7.64. The van der Waals surface area contributed by atoms with Crippen molar-refractivity contribution in [1.29, 1.82) is 0 Å². The topological polar surface area (TPSA) is 17.1 Å². The lowest BCUT2D eigenvalue weighted by Crippen LogP contribution is -2.06. The average Bonchev–Trinajstić information content (AvgIpc) is 3.23. The fourth-order valence-corrected chi connectivity index (χ4v) is 2.91. The second-order valence-electron chi connectivity index (χ2n) is 5.13. The summed E-state index contributed by atoms with van der Waals surface area (Å²) in [6, 6.07) is 18.6. The molecule has 2 unspecified atom stereocenters. The van der Waals surface area contributed by atoms with Gasteiger partial charge in [-0.05, 0) is 58.2 Å². The summed E-state index contributed by atoms with van der Waals surface area (Å²) >= 11 is 2.28. The van der Waals surface area contributed by atoms with Crippen LogP contribution in [0.4, 0.5) is 0 Å². The van der Waals surface area contributed by atoms with Crippen LogP contribution in [0.15, 0.2) is 54.6 Å². The Bertz CT molecular complexity index is 574. The molecule has 1 saturated carbocycles. The van der Waals surface area contributed by atoms with Gasteiger partial charge in [0.05, 0.1) is 0 Å². The van der Waals surface area contributed by atoms with Crippen molar-refractivity contribution in [2.45, 2.75) is 18.8 Å². The first-order valence-electron chi connectivity index (χ1n) is 6.56. The van der Waals surface area contributed by atoms with E-state index in [1.807, 2.05) is 18.2 Å². The average molecular weight is 362 g/mol. The van der Waals surface area contributed by atoms with Crippen molar-refractivity contribution < 1.29 is 4.79 Å². The molecule has 96 valence electrons. The van der Waals surface area contributed by atoms with Crippen molar-refractivity contribution in [3.8, 4) is 0 Å². The van der Waals surface area contributed by atoms with Crippen LogP contribution in [0, 0.1) is 9.49 Å². The molecule has 1 aliphatic carbocycles. The van der Waals surface area contributed by atoms with E-state index in [1.54, 1.807) is 0 Å². The van der Waals surface area contributed by atoms with E-state index in [0.29, 0.717) is 18.1 Å². The Labute approximate surface area is 127 Å². The molecule has 0 aromatic heterocycles. The molecule has 2 aromatic rings. The second-order valence-corrected chi connectivity index (χ2v) is 6.37. The molecule has 2 atom stereocenters. The molecule has 0 aliphatic heterocycles. The highest BCUT2D eigenvalue weighted by Crippen LogP contribution is 2.48. The minimum Gasteiger partial charge on any atom is -0.299 e. The maximum atomic E-state index is 12.2. The van der Waals surface area contributed by atoms with Crippen LogP contribution in [0.25, 0.3) is 0 Å². The van der Waals surface area contributed by atoms with Crippen LogP contribution in [-0.4, -0.2) is 5.78 Å². The van der Waals surface area contributed by atoms with Gasteiger partial charge < -0.3 is 0 Å². The SMILES string of the molecule is O=C(Cc1ccc(I)cc1)C1CC1c1ccccc1. The zero-order chi connectivity index (χ0) is 13.2. The third kappa shape index (κ3) is 3.06. The molecular weight excluding hydrogens is 347 g/mol. The summed E-state index contributed by atoms with van der Waals surface area (Å²) in [4.78, 5) is 12.2. The number of halogens is 1. The molecule has 3 rings (SSSR count). The zero-order valence-electron chi connectivity index (χ0n) is 10.6. The van der Waals surface area contributed by atoms with Crippen LogP contribution in [0.1, 0.15) is 23.5 Å². The summed E-state index contributed by atoms with van der Waals surface area (Å²) in [7, 11) is 0. The molecule has 0 radical (unpaired) electrons. The standard InChI is InChI=1S/C17H15IO/c18-14-8-6-12(7-9-14)10-17(19)16-11-15(16)13-4-2-1-3-5-13/h1-9,15-16H,10-11H2. The number of carbonyl (C=O) groups excluding carboxylic acids is 1. The van der Waals surface area contributed by atoms with Crippen LogP contribution in [0.5, 0.6) is 0 Å². The van der Waals surface area contributed by atoms with Gasteiger partial charge in [-0.3, -0.25) is 4.79 Å². The second kappa shape index (κ2) is 5.45. The van der Waals surface area contributed by atoms with E-state index in [4.69, 9.17) is 0 Å². The molecule has 1 aliphatic rings. The molecule has 0 amide bonds. The normalized spacial score (nSPS) is 21.1. The van der Waals surface area contributed by atoms with Gasteiger partial charge in [0.1, 0.15) is 5.78 Å². The molecule has 2 aromatic carbocycles. The molecule has 0 saturated heterocycles. The van der Waals surface area contributed by atoms with Crippen molar-refractivity contribution >= 4 is 28.4 Å². The number of ketones is 1. The summed E-state index contributed by atoms with van der Waals surface area (Å²) in [5.74, 6) is 1.08. The lowest BCUT2D eigenvalue weighted by Gasteiger charge is -2.02. The van der Waals surface area contributed by atoms with Crippen molar-refractivity contribution in [2.75, 3.05) is 0 Å². The highest BCUT2D eigenvalue weighted by molar-refractivity contribution is 14.1. The minimum atomic E-state index is 0.238. The highest BCUT2D eigenvalue weighted by atomic mass is 127. The monoisotopic (exact) mass is 362 g/mol. The molecule has 0 bridgehead atoms. The summed E-state index contributed by atoms with van der Waals surface area (Å²) in [6.45, 7) is 0. The van der Waals surface area contributed by atoms with E-state index in [-0.39, 0.29) is 5.92 Å². The van der Waals surface area contributed by atoms with Crippen molar-refractivity contribution in [2.24, 2.45) is 5.92 Å². The Morgan fingerprint density at radius 2 is 1.74 bits per heavy atom. The quantitative estimate of drug-likeness (QED) is 0.745. The van der Waals surface area contributed by atoms with Crippen LogP contribution in [0.2, 0.25) is 0 Å². The van der Waals surface area contributed by atoms with Gasteiger partial charge in [0.25, 0.3) is 0 Å². The van der Waals surface area contributed by atoms with Crippen LogP contribution in [-0.2, 0) is 11.2 Å². The Morgan fingerprint density at radius 3 is 2.42 bits per heavy atom. The van der Waals surface area contributed by atoms with Crippen LogP contribution < -0.4 is 0 Å². The van der Waals surface area contributed by atoms with Gasteiger partial charge in [0.2, 0.25) is 0 Å². The van der Waals surface area contributed by atoms with E-state index < -0.39 is 0 Å². The predicted octanol–water partition coefficient (Wildman–Crippen LogP) is 4.21. The first kappa shape index (κ1) is 12.9. The number of hydrogen-bond acceptors (Lipinski definition) is 1. The zero-order valence-corrected chi connectivity index (χ0v) is 12.7. The molecular formula is C17H15IO. The van der Waals surface area contributed by atoms with E-state index in [9.17, 15) is 4.79 Å². The highest BCUT2D eigenvalue weighted by Gasteiger charge is 2.43. The lowest BCUT2D eigenvalue weighted by molar-refractivity contribution is -0.119. The van der Waals surface area contributed by atoms with Gasteiger partial charge in [0, 0.05) is 15.9 Å². The maximum absolute atomic E-state index is 12.2. The van der Waals surface area contributed by atoms with E-state index >= 15 is 0 Å². The van der Waals surface area contributed by atoms with Gasteiger partial charge in [-0.2, -0.15) is 0 Å². The minimum absolute atomic E-state index is 0.238. The lowest BCUT2D eigenvalue weighted by atomic mass is 10.0. The summed E-state index contributed by atoms with van der Waals surface area (Å²) < 4.78 is 1.21. The summed E-state index contributed by atoms with van der Waals surface area (Å²) in [5, 5.41) is 0. The summed E-state index contributed by atoms with van der Waals surface area (Å²) in [6.07, 6.45) is 1.60. The molecule has 1 fully saturated rings. The van der Waals surface area contributed by atoms with E-state index in [0.717, 1.165) is 12.0 Å². The van der Waals surface area contributed by atoms with Crippen LogP contribution in [0.3, 0.4) is 0 Å². The molecule has 0 heterocycles. The number of hydrogen-bond donors (Lipinski definition) is 0. The third-order valence-corrected chi connectivity index (χ3v) is 4.44. The Morgan fingerprint density at radius 1 is 1.05 bits per heavy atom. The third-order valence-electron chi connectivity index (χ3n) is 3.72. The smallest absolute Gasteiger partial charge is 0.140 e. The Balaban J connectivity index is 1.63. The van der Waals surface area contributed by atoms with Gasteiger partial charge in [0.15, 0.2) is 0 Å². The van der Waals surface area contributed by atoms with E-state index in [2.05, 4.69) is 59.0 Å². The Hall–Kier alpha value is -1.16.